The zero-order valence-corrected chi connectivity index (χ0v) is 41.5. The topological polar surface area (TPSA) is 273 Å². The monoisotopic (exact) mass is 982 g/mol. The first-order chi connectivity index (χ1) is 33.9. The van der Waals surface area contributed by atoms with Gasteiger partial charge in [-0.1, -0.05) is 6.92 Å². The third-order valence-corrected chi connectivity index (χ3v) is 11.3. The minimum atomic E-state index is -0.503. The van der Waals surface area contributed by atoms with E-state index >= 15 is 0 Å². The molecule has 0 bridgehead atoms. The van der Waals surface area contributed by atoms with Crippen LogP contribution in [-0.2, 0) is 49.6 Å². The van der Waals surface area contributed by atoms with E-state index in [0.717, 1.165) is 39.0 Å². The van der Waals surface area contributed by atoms with E-state index in [2.05, 4.69) is 66.7 Å². The van der Waals surface area contributed by atoms with Crippen LogP contribution in [0.2, 0.25) is 0 Å². The molecule has 23 heteroatoms. The smallest absolute Gasteiger partial charge is 0.272 e. The Kier molecular flexibility index (Phi) is 19.9. The second-order valence-corrected chi connectivity index (χ2v) is 17.1. The molecule has 0 atom stereocenters. The van der Waals surface area contributed by atoms with Crippen molar-refractivity contribution in [2.24, 2.45) is 35.2 Å². The molecule has 0 aliphatic rings. The zero-order chi connectivity index (χ0) is 51.6. The molecule has 8 amide bonds. The fourth-order valence-electron chi connectivity index (χ4n) is 7.54. The van der Waals surface area contributed by atoms with Crippen molar-refractivity contribution in [1.82, 2.24) is 54.3 Å². The van der Waals surface area contributed by atoms with Crippen molar-refractivity contribution in [2.75, 3.05) is 80.7 Å². The van der Waals surface area contributed by atoms with Crippen LogP contribution in [0, 0.1) is 0 Å². The second-order valence-electron chi connectivity index (χ2n) is 17.1. The van der Waals surface area contributed by atoms with Crippen LogP contribution in [0.4, 0.5) is 22.7 Å². The molecule has 0 spiro atoms. The van der Waals surface area contributed by atoms with E-state index in [1.54, 1.807) is 98.1 Å². The maximum absolute atomic E-state index is 13.3. The van der Waals surface area contributed by atoms with Crippen molar-refractivity contribution in [2.45, 2.75) is 39.0 Å². The minimum Gasteiger partial charge on any atom is -0.356 e. The number of amides is 8. The summed E-state index contributed by atoms with van der Waals surface area (Å²) in [5.41, 5.74) is 3.00. The Morgan fingerprint density at radius 1 is 0.451 bits per heavy atom. The van der Waals surface area contributed by atoms with Crippen LogP contribution in [0.3, 0.4) is 0 Å². The third kappa shape index (κ3) is 16.3. The number of nitrogens with zero attached hydrogens (tertiary/aromatic N) is 6. The quantitative estimate of drug-likeness (QED) is 0.0345. The summed E-state index contributed by atoms with van der Waals surface area (Å²) in [5.74, 6) is -3.07. The Morgan fingerprint density at radius 2 is 0.831 bits per heavy atom. The summed E-state index contributed by atoms with van der Waals surface area (Å²) < 4.78 is 7.87. The highest BCUT2D eigenvalue weighted by molar-refractivity contribution is 6.06. The zero-order valence-electron chi connectivity index (χ0n) is 41.5. The number of anilines is 4. The van der Waals surface area contributed by atoms with Gasteiger partial charge in [-0.2, -0.15) is 0 Å². The van der Waals surface area contributed by atoms with Gasteiger partial charge in [0, 0.05) is 112 Å². The Labute approximate surface area is 412 Å². The molecule has 71 heavy (non-hydrogen) atoms. The van der Waals surface area contributed by atoms with E-state index in [0.29, 0.717) is 40.7 Å². The van der Waals surface area contributed by atoms with Gasteiger partial charge in [0.1, 0.15) is 28.5 Å². The van der Waals surface area contributed by atoms with Gasteiger partial charge in [0.2, 0.25) is 17.7 Å². The minimum absolute atomic E-state index is 0.00160. The number of hydrogen-bond donors (Lipinski definition) is 9. The van der Waals surface area contributed by atoms with Crippen LogP contribution in [-0.4, -0.2) is 134 Å². The normalized spacial score (nSPS) is 11.0. The van der Waals surface area contributed by atoms with Gasteiger partial charge in [-0.15, -0.1) is 0 Å². The lowest BCUT2D eigenvalue weighted by Gasteiger charge is -2.16. The van der Waals surface area contributed by atoms with Gasteiger partial charge < -0.3 is 75.6 Å². The maximum atomic E-state index is 13.3. The lowest BCUT2D eigenvalue weighted by atomic mass is 10.3. The predicted octanol–water partition coefficient (Wildman–Crippen LogP) is 1.96. The number of carbonyl (C=O) groups is 8. The molecule has 0 aliphatic heterocycles. The largest absolute Gasteiger partial charge is 0.356 e. The van der Waals surface area contributed by atoms with Crippen molar-refractivity contribution in [3.8, 4) is 0 Å². The lowest BCUT2D eigenvalue weighted by Crippen LogP contribution is -2.33. The first-order valence-corrected chi connectivity index (χ1v) is 23.4. The molecule has 5 heterocycles. The number of nitrogens with one attached hydrogen (secondary N) is 9. The van der Waals surface area contributed by atoms with Crippen molar-refractivity contribution >= 4 is 70.0 Å². The Morgan fingerprint density at radius 3 is 1.24 bits per heavy atom. The molecule has 0 aliphatic carbocycles. The van der Waals surface area contributed by atoms with Gasteiger partial charge in [-0.3, -0.25) is 38.4 Å². The summed E-state index contributed by atoms with van der Waals surface area (Å²) in [6, 6.07) is 9.49. The second kappa shape index (κ2) is 26.2. The molecule has 23 nitrogen and oxygen atoms in total. The molecule has 0 saturated heterocycles. The number of aryl methyl sites for hydroxylation is 5. The van der Waals surface area contributed by atoms with Crippen molar-refractivity contribution in [1.29, 1.82) is 0 Å². The molecule has 0 unspecified atom stereocenters. The highest BCUT2D eigenvalue weighted by atomic mass is 16.2. The number of hydrogen-bond acceptors (Lipinski definition) is 10. The Bertz CT molecular complexity index is 2690. The third-order valence-electron chi connectivity index (χ3n) is 11.3. The molecule has 0 radical (unpaired) electrons. The van der Waals surface area contributed by atoms with E-state index in [1.807, 2.05) is 0 Å². The summed E-state index contributed by atoms with van der Waals surface area (Å²) in [4.78, 5) is 105. The summed E-state index contributed by atoms with van der Waals surface area (Å²) in [6.07, 6.45) is 9.99. The van der Waals surface area contributed by atoms with Gasteiger partial charge in [-0.05, 0) is 82.5 Å². The molecule has 5 rings (SSSR count). The standard InChI is InChI=1S/C48H67N15O8/c1-8-49-16-10-21-58(2)22-11-17-50-41(64)13-18-51-44(67)37-24-32(28-60(37)4)54-42(65)14-19-53-46(69)39-27-35(31-62(39)6)57-48(71)40-25-33(29-63(40)7)55-43(66)15-20-52-45(68)38-26-34(30-61(38)5)56-47(70)36-12-9-23-59(36)3/h9,12,23-31,49H,8,10-11,13-22H2,1-7H3,(H,50,64)(H,51,67)(H,52,68)(H,53,69)(H,54,65)(H,55,66)(H,56,70)(H,57,71). The summed E-state index contributed by atoms with van der Waals surface area (Å²) >= 11 is 0. The van der Waals surface area contributed by atoms with E-state index in [4.69, 9.17) is 0 Å². The number of carbonyl (C=O) groups excluding carboxylic acids is 8. The van der Waals surface area contributed by atoms with E-state index < -0.39 is 35.4 Å². The summed E-state index contributed by atoms with van der Waals surface area (Å²) in [7, 11) is 10.4. The van der Waals surface area contributed by atoms with Crippen molar-refractivity contribution < 1.29 is 38.4 Å². The molecule has 5 aromatic rings. The van der Waals surface area contributed by atoms with Crippen molar-refractivity contribution in [3.63, 3.8) is 0 Å². The van der Waals surface area contributed by atoms with E-state index in [-0.39, 0.29) is 67.8 Å². The average Bonchev–Trinajstić information content (AvgIpc) is 4.15. The van der Waals surface area contributed by atoms with Gasteiger partial charge in [0.05, 0.1) is 22.7 Å². The first-order valence-electron chi connectivity index (χ1n) is 23.4. The SMILES string of the molecule is CCNCCCN(C)CCCNC(=O)CCNC(=O)c1cc(NC(=O)CCNC(=O)c2cc(NC(=O)c3cc(NC(=O)CCNC(=O)c4cc(NC(=O)c5cccn5C)cn4C)cn3C)cn2C)cn1C. The van der Waals surface area contributed by atoms with Gasteiger partial charge in [0.15, 0.2) is 0 Å². The molecular weight excluding hydrogens is 915 g/mol. The summed E-state index contributed by atoms with van der Waals surface area (Å²) in [6.45, 7) is 6.62. The highest BCUT2D eigenvalue weighted by Crippen LogP contribution is 2.19. The average molecular weight is 982 g/mol. The van der Waals surface area contributed by atoms with E-state index in [9.17, 15) is 38.4 Å². The van der Waals surface area contributed by atoms with Crippen LogP contribution in [0.15, 0.2) is 67.4 Å². The fraction of sp³-hybridized carbons (Fsp3) is 0.417. The van der Waals surface area contributed by atoms with Gasteiger partial charge in [-0.25, -0.2) is 0 Å². The molecule has 382 valence electrons. The molecule has 5 aromatic heterocycles. The van der Waals surface area contributed by atoms with E-state index in [1.165, 1.54) is 27.3 Å². The molecule has 9 N–H and O–H groups in total. The van der Waals surface area contributed by atoms with Crippen LogP contribution >= 0.6 is 0 Å². The van der Waals surface area contributed by atoms with Gasteiger partial charge >= 0.3 is 0 Å². The molecule has 0 aromatic carbocycles. The van der Waals surface area contributed by atoms with Crippen molar-refractivity contribution in [3.05, 3.63) is 95.9 Å². The van der Waals surface area contributed by atoms with Crippen LogP contribution in [0.25, 0.3) is 0 Å². The predicted molar refractivity (Wildman–Crippen MR) is 269 cm³/mol. The summed E-state index contributed by atoms with van der Waals surface area (Å²) in [5, 5.41) is 25.3. The van der Waals surface area contributed by atoms with Crippen LogP contribution < -0.4 is 47.9 Å². The van der Waals surface area contributed by atoms with Crippen LogP contribution in [0.5, 0.6) is 0 Å². The maximum Gasteiger partial charge on any atom is 0.272 e. The first kappa shape index (κ1) is 54.0. The van der Waals surface area contributed by atoms with Gasteiger partial charge in [0.25, 0.3) is 29.5 Å². The lowest BCUT2D eigenvalue weighted by molar-refractivity contribution is -0.121. The highest BCUT2D eigenvalue weighted by Gasteiger charge is 2.20. The molecule has 0 saturated carbocycles. The molecule has 0 fully saturated rings. The fourth-order valence-corrected chi connectivity index (χ4v) is 7.54. The number of aromatic nitrogens is 5. The Hall–Kier alpha value is -7.92. The number of rotatable bonds is 27. The molecular formula is C48H67N15O8. The Balaban J connectivity index is 0.979. The van der Waals surface area contributed by atoms with Crippen LogP contribution in [0.1, 0.15) is 91.5 Å².